The van der Waals surface area contributed by atoms with Crippen LogP contribution in [0.5, 0.6) is 5.75 Å². The lowest BCUT2D eigenvalue weighted by atomic mass is 10.1. The first kappa shape index (κ1) is 14.0. The van der Waals surface area contributed by atoms with E-state index in [9.17, 15) is 4.79 Å². The standard InChI is InChI=1S/C13H18ClNO2/c1-4-15-9(3)13(16)10-6-7-12(17-5-2)11(14)8-10/h6-9,15H,4-5H2,1-3H3. The van der Waals surface area contributed by atoms with E-state index in [0.717, 1.165) is 6.54 Å². The Bertz CT molecular complexity index is 393. The predicted molar refractivity (Wildman–Crippen MR) is 70.1 cm³/mol. The van der Waals surface area contributed by atoms with E-state index in [-0.39, 0.29) is 11.8 Å². The molecule has 0 heterocycles. The third-order valence-electron chi connectivity index (χ3n) is 2.42. The molecule has 1 N–H and O–H groups in total. The van der Waals surface area contributed by atoms with Crippen LogP contribution in [-0.4, -0.2) is 25.0 Å². The van der Waals surface area contributed by atoms with Gasteiger partial charge in [0.15, 0.2) is 5.78 Å². The molecule has 4 heteroatoms. The molecule has 0 aliphatic rings. The van der Waals surface area contributed by atoms with Crippen LogP contribution in [0.25, 0.3) is 0 Å². The minimum absolute atomic E-state index is 0.0387. The molecule has 3 nitrogen and oxygen atoms in total. The molecule has 0 aliphatic carbocycles. The summed E-state index contributed by atoms with van der Waals surface area (Å²) in [6, 6.07) is 4.93. The summed E-state index contributed by atoms with van der Waals surface area (Å²) >= 11 is 6.04. The summed E-state index contributed by atoms with van der Waals surface area (Å²) in [6.07, 6.45) is 0. The van der Waals surface area contributed by atoms with Gasteiger partial charge < -0.3 is 10.1 Å². The molecule has 1 atom stereocenters. The van der Waals surface area contributed by atoms with E-state index in [1.165, 1.54) is 0 Å². The Labute approximate surface area is 107 Å². The monoisotopic (exact) mass is 255 g/mol. The van der Waals surface area contributed by atoms with Crippen LogP contribution in [0.1, 0.15) is 31.1 Å². The van der Waals surface area contributed by atoms with Crippen molar-refractivity contribution in [1.82, 2.24) is 5.32 Å². The minimum atomic E-state index is -0.200. The summed E-state index contributed by atoms with van der Waals surface area (Å²) in [6.45, 7) is 7.02. The molecular formula is C13H18ClNO2. The van der Waals surface area contributed by atoms with Crippen LogP contribution in [-0.2, 0) is 0 Å². The Morgan fingerprint density at radius 3 is 2.71 bits per heavy atom. The maximum absolute atomic E-state index is 12.0. The molecule has 1 rings (SSSR count). The Balaban J connectivity index is 2.85. The third-order valence-corrected chi connectivity index (χ3v) is 2.72. The van der Waals surface area contributed by atoms with E-state index in [1.807, 2.05) is 20.8 Å². The molecule has 0 radical (unpaired) electrons. The molecule has 0 amide bonds. The van der Waals surface area contributed by atoms with Crippen LogP contribution in [0.15, 0.2) is 18.2 Å². The Hall–Kier alpha value is -1.06. The number of Topliss-reactive ketones (excluding diaryl/α,β-unsaturated/α-hetero) is 1. The van der Waals surface area contributed by atoms with Gasteiger partial charge in [-0.1, -0.05) is 18.5 Å². The predicted octanol–water partition coefficient (Wildman–Crippen LogP) is 2.92. The zero-order chi connectivity index (χ0) is 12.8. The summed E-state index contributed by atoms with van der Waals surface area (Å²) in [5.41, 5.74) is 0.604. The lowest BCUT2D eigenvalue weighted by Crippen LogP contribution is -2.33. The highest BCUT2D eigenvalue weighted by atomic mass is 35.5. The molecule has 0 spiro atoms. The van der Waals surface area contributed by atoms with Crippen molar-refractivity contribution >= 4 is 17.4 Å². The second-order valence-corrected chi connectivity index (χ2v) is 4.13. The van der Waals surface area contributed by atoms with Crippen molar-refractivity contribution in [2.45, 2.75) is 26.8 Å². The van der Waals surface area contributed by atoms with Crippen LogP contribution in [0.2, 0.25) is 5.02 Å². The number of ketones is 1. The summed E-state index contributed by atoms with van der Waals surface area (Å²) in [5, 5.41) is 3.55. The summed E-state index contributed by atoms with van der Waals surface area (Å²) in [7, 11) is 0. The fraction of sp³-hybridized carbons (Fsp3) is 0.462. The first-order valence-corrected chi connectivity index (χ1v) is 6.17. The van der Waals surface area contributed by atoms with Crippen molar-refractivity contribution in [3.63, 3.8) is 0 Å². The number of hydrogen-bond donors (Lipinski definition) is 1. The van der Waals surface area contributed by atoms with Crippen LogP contribution in [0.3, 0.4) is 0 Å². The lowest BCUT2D eigenvalue weighted by molar-refractivity contribution is 0.0952. The molecule has 0 aliphatic heterocycles. The Kier molecular flexibility index (Phi) is 5.45. The minimum Gasteiger partial charge on any atom is -0.492 e. The fourth-order valence-corrected chi connectivity index (χ4v) is 1.81. The molecular weight excluding hydrogens is 238 g/mol. The highest BCUT2D eigenvalue weighted by Gasteiger charge is 2.15. The average molecular weight is 256 g/mol. The van der Waals surface area contributed by atoms with Crippen molar-refractivity contribution < 1.29 is 9.53 Å². The number of likely N-dealkylation sites (N-methyl/N-ethyl adjacent to an activating group) is 1. The van der Waals surface area contributed by atoms with Gasteiger partial charge in [-0.25, -0.2) is 0 Å². The Morgan fingerprint density at radius 2 is 2.18 bits per heavy atom. The summed E-state index contributed by atoms with van der Waals surface area (Å²) in [4.78, 5) is 12.0. The number of rotatable bonds is 6. The zero-order valence-electron chi connectivity index (χ0n) is 10.4. The second kappa shape index (κ2) is 6.62. The Morgan fingerprint density at radius 1 is 1.47 bits per heavy atom. The van der Waals surface area contributed by atoms with Gasteiger partial charge in [0.25, 0.3) is 0 Å². The van der Waals surface area contributed by atoms with Crippen LogP contribution in [0.4, 0.5) is 0 Å². The van der Waals surface area contributed by atoms with Crippen LogP contribution >= 0.6 is 11.6 Å². The van der Waals surface area contributed by atoms with E-state index in [0.29, 0.717) is 22.9 Å². The molecule has 1 unspecified atom stereocenters. The first-order chi connectivity index (χ1) is 8.10. The number of nitrogens with one attached hydrogen (secondary N) is 1. The molecule has 1 aromatic carbocycles. The van der Waals surface area contributed by atoms with Crippen molar-refractivity contribution in [3.8, 4) is 5.75 Å². The molecule has 17 heavy (non-hydrogen) atoms. The highest BCUT2D eigenvalue weighted by molar-refractivity contribution is 6.32. The third kappa shape index (κ3) is 3.72. The summed E-state index contributed by atoms with van der Waals surface area (Å²) < 4.78 is 5.32. The van der Waals surface area contributed by atoms with Gasteiger partial charge in [-0.05, 0) is 38.6 Å². The lowest BCUT2D eigenvalue weighted by Gasteiger charge is -2.12. The maximum Gasteiger partial charge on any atom is 0.179 e. The topological polar surface area (TPSA) is 38.3 Å². The van der Waals surface area contributed by atoms with Gasteiger partial charge in [-0.2, -0.15) is 0 Å². The zero-order valence-corrected chi connectivity index (χ0v) is 11.2. The SMILES string of the molecule is CCNC(C)C(=O)c1ccc(OCC)c(Cl)c1. The van der Waals surface area contributed by atoms with Crippen molar-refractivity contribution in [2.24, 2.45) is 0 Å². The molecule has 0 saturated heterocycles. The first-order valence-electron chi connectivity index (χ1n) is 5.80. The van der Waals surface area contributed by atoms with Gasteiger partial charge in [0.2, 0.25) is 0 Å². The van der Waals surface area contributed by atoms with Gasteiger partial charge in [0, 0.05) is 5.56 Å². The van der Waals surface area contributed by atoms with Crippen molar-refractivity contribution in [3.05, 3.63) is 28.8 Å². The van der Waals surface area contributed by atoms with E-state index in [4.69, 9.17) is 16.3 Å². The molecule has 0 aromatic heterocycles. The van der Waals surface area contributed by atoms with E-state index < -0.39 is 0 Å². The molecule has 0 fully saturated rings. The largest absolute Gasteiger partial charge is 0.492 e. The van der Waals surface area contributed by atoms with Gasteiger partial charge in [0.1, 0.15) is 5.75 Å². The van der Waals surface area contributed by atoms with Gasteiger partial charge in [-0.15, -0.1) is 0 Å². The fourth-order valence-electron chi connectivity index (χ4n) is 1.58. The number of benzene rings is 1. The normalized spacial score (nSPS) is 12.2. The van der Waals surface area contributed by atoms with Crippen LogP contribution in [0, 0.1) is 0 Å². The van der Waals surface area contributed by atoms with E-state index in [1.54, 1.807) is 18.2 Å². The van der Waals surface area contributed by atoms with Gasteiger partial charge in [-0.3, -0.25) is 4.79 Å². The van der Waals surface area contributed by atoms with E-state index in [2.05, 4.69) is 5.32 Å². The molecule has 0 bridgehead atoms. The van der Waals surface area contributed by atoms with Crippen LogP contribution < -0.4 is 10.1 Å². The highest BCUT2D eigenvalue weighted by Crippen LogP contribution is 2.25. The van der Waals surface area contributed by atoms with Gasteiger partial charge >= 0.3 is 0 Å². The molecule has 1 aromatic rings. The molecule has 0 saturated carbocycles. The van der Waals surface area contributed by atoms with Gasteiger partial charge in [0.05, 0.1) is 17.7 Å². The number of halogens is 1. The average Bonchev–Trinajstić information content (AvgIpc) is 2.31. The maximum atomic E-state index is 12.0. The van der Waals surface area contributed by atoms with Crippen molar-refractivity contribution in [2.75, 3.05) is 13.2 Å². The number of carbonyl (C=O) groups is 1. The second-order valence-electron chi connectivity index (χ2n) is 3.72. The summed E-state index contributed by atoms with van der Waals surface area (Å²) in [5.74, 6) is 0.651. The van der Waals surface area contributed by atoms with E-state index >= 15 is 0 Å². The van der Waals surface area contributed by atoms with Crippen molar-refractivity contribution in [1.29, 1.82) is 0 Å². The molecule has 94 valence electrons. The number of hydrogen-bond acceptors (Lipinski definition) is 3. The number of ether oxygens (including phenoxy) is 1. The smallest absolute Gasteiger partial charge is 0.179 e. The quantitative estimate of drug-likeness (QED) is 0.795. The number of carbonyl (C=O) groups excluding carboxylic acids is 1.